The van der Waals surface area contributed by atoms with Gasteiger partial charge in [0, 0.05) is 36.6 Å². The highest BCUT2D eigenvalue weighted by atomic mass is 28.4. The summed E-state index contributed by atoms with van der Waals surface area (Å²) in [5.41, 5.74) is 0.171. The van der Waals surface area contributed by atoms with E-state index >= 15 is 0 Å². The van der Waals surface area contributed by atoms with Crippen LogP contribution in [0.25, 0.3) is 0 Å². The highest BCUT2D eigenvalue weighted by Crippen LogP contribution is 2.53. The maximum absolute atomic E-state index is 13.2. The first kappa shape index (κ1) is 23.5. The zero-order valence-corrected chi connectivity index (χ0v) is 21.2. The third kappa shape index (κ3) is 4.69. The molecule has 1 saturated carbocycles. The first-order chi connectivity index (χ1) is 13.6. The molecule has 0 amide bonds. The van der Waals surface area contributed by atoms with Gasteiger partial charge in [0.25, 0.3) is 0 Å². The van der Waals surface area contributed by atoms with Crippen molar-refractivity contribution in [2.75, 3.05) is 6.61 Å². The van der Waals surface area contributed by atoms with Crippen molar-refractivity contribution in [3.05, 3.63) is 0 Å². The Labute approximate surface area is 181 Å². The second kappa shape index (κ2) is 9.12. The number of carbonyl (C=O) groups excluding carboxylic acids is 1. The lowest BCUT2D eigenvalue weighted by Crippen LogP contribution is -2.64. The number of Topliss-reactive ketones (excluding diaryl/α,β-unsaturated/α-hetero) is 1. The predicted octanol–water partition coefficient (Wildman–Crippen LogP) is 6.71. The first-order valence-electron chi connectivity index (χ1n) is 12.6. The molecule has 3 fully saturated rings. The summed E-state index contributed by atoms with van der Waals surface area (Å²) in [7, 11) is -1.74. The van der Waals surface area contributed by atoms with Gasteiger partial charge >= 0.3 is 0 Å². The summed E-state index contributed by atoms with van der Waals surface area (Å²) >= 11 is 0. The Morgan fingerprint density at radius 2 is 1.83 bits per heavy atom. The van der Waals surface area contributed by atoms with E-state index in [9.17, 15) is 4.79 Å². The van der Waals surface area contributed by atoms with Gasteiger partial charge in [-0.05, 0) is 50.2 Å². The van der Waals surface area contributed by atoms with Crippen molar-refractivity contribution in [3.8, 4) is 0 Å². The number of hydrogen-bond donors (Lipinski definition) is 0. The molecule has 3 aliphatic rings. The Morgan fingerprint density at radius 3 is 2.52 bits per heavy atom. The Hall–Kier alpha value is -0.193. The lowest BCUT2D eigenvalue weighted by Gasteiger charge is -2.55. The number of piperidine rings is 1. The van der Waals surface area contributed by atoms with Crippen molar-refractivity contribution in [2.45, 2.75) is 140 Å². The third-order valence-electron chi connectivity index (χ3n) is 8.87. The fraction of sp³-hybridized carbons (Fsp3) is 0.960. The van der Waals surface area contributed by atoms with E-state index in [1.54, 1.807) is 0 Å². The largest absolute Gasteiger partial charge is 0.415 e. The normalized spacial score (nSPS) is 33.6. The summed E-state index contributed by atoms with van der Waals surface area (Å²) in [6, 6.07) is 0.984. The van der Waals surface area contributed by atoms with Crippen LogP contribution in [0.2, 0.25) is 18.1 Å². The second-order valence-electron chi connectivity index (χ2n) is 11.7. The highest BCUT2D eigenvalue weighted by molar-refractivity contribution is 6.74. The van der Waals surface area contributed by atoms with Crippen LogP contribution in [-0.2, 0) is 9.22 Å². The molecular weight excluding hydrogens is 374 g/mol. The van der Waals surface area contributed by atoms with E-state index in [2.05, 4.69) is 45.7 Å². The molecule has 4 atom stereocenters. The summed E-state index contributed by atoms with van der Waals surface area (Å²) in [5.74, 6) is 0.897. The molecule has 168 valence electrons. The van der Waals surface area contributed by atoms with E-state index < -0.39 is 8.32 Å². The van der Waals surface area contributed by atoms with E-state index in [1.807, 2.05) is 0 Å². The van der Waals surface area contributed by atoms with E-state index in [0.717, 1.165) is 19.4 Å². The lowest BCUT2D eigenvalue weighted by atomic mass is 9.65. The van der Waals surface area contributed by atoms with E-state index in [0.29, 0.717) is 23.8 Å². The summed E-state index contributed by atoms with van der Waals surface area (Å²) in [6.45, 7) is 14.9. The Balaban J connectivity index is 1.77. The molecule has 0 aromatic carbocycles. The summed E-state index contributed by atoms with van der Waals surface area (Å²) in [5, 5.41) is 0.258. The maximum atomic E-state index is 13.2. The summed E-state index contributed by atoms with van der Waals surface area (Å²) < 4.78 is 6.73. The minimum absolute atomic E-state index is 0.171. The van der Waals surface area contributed by atoms with Gasteiger partial charge in [0.2, 0.25) is 0 Å². The van der Waals surface area contributed by atoms with E-state index in [-0.39, 0.29) is 10.6 Å². The molecule has 0 unspecified atom stereocenters. The zero-order valence-electron chi connectivity index (χ0n) is 20.2. The molecule has 29 heavy (non-hydrogen) atoms. The maximum Gasteiger partial charge on any atom is 0.192 e. The molecule has 2 aliphatic heterocycles. The highest BCUT2D eigenvalue weighted by Gasteiger charge is 2.59. The van der Waals surface area contributed by atoms with Gasteiger partial charge in [-0.3, -0.25) is 9.69 Å². The molecule has 3 nitrogen and oxygen atoms in total. The van der Waals surface area contributed by atoms with Crippen molar-refractivity contribution < 1.29 is 9.22 Å². The van der Waals surface area contributed by atoms with Crippen LogP contribution in [0.1, 0.15) is 105 Å². The van der Waals surface area contributed by atoms with Crippen LogP contribution in [-0.4, -0.2) is 43.2 Å². The molecule has 1 spiro atoms. The number of ketones is 1. The van der Waals surface area contributed by atoms with Crippen LogP contribution in [0.5, 0.6) is 0 Å². The van der Waals surface area contributed by atoms with Crippen LogP contribution in [0.15, 0.2) is 0 Å². The van der Waals surface area contributed by atoms with Crippen LogP contribution in [0.3, 0.4) is 0 Å². The second-order valence-corrected chi connectivity index (χ2v) is 16.6. The average Bonchev–Trinajstić information content (AvgIpc) is 3.01. The van der Waals surface area contributed by atoms with Crippen LogP contribution in [0, 0.1) is 5.92 Å². The fourth-order valence-corrected chi connectivity index (χ4v) is 7.25. The van der Waals surface area contributed by atoms with Crippen LogP contribution >= 0.6 is 0 Å². The standard InChI is InChI=1S/C25H47NO2Si/c1-7-8-9-10-13-20-18-23(27)22-14-11-12-16-25(22)17-15-21(26(20)25)19-28-29(5,6)24(2,3)4/h20-22H,7-19H2,1-6H3/t20-,21+,22-,25+/m0/s1. The van der Waals surface area contributed by atoms with Gasteiger partial charge < -0.3 is 4.43 Å². The fourth-order valence-electron chi connectivity index (χ4n) is 6.21. The first-order valence-corrected chi connectivity index (χ1v) is 15.5. The number of nitrogens with zero attached hydrogens (tertiary/aromatic N) is 1. The molecule has 0 aromatic rings. The van der Waals surface area contributed by atoms with Gasteiger partial charge in [-0.25, -0.2) is 0 Å². The Kier molecular flexibility index (Phi) is 7.38. The van der Waals surface area contributed by atoms with Crippen molar-refractivity contribution in [2.24, 2.45) is 5.92 Å². The summed E-state index contributed by atoms with van der Waals surface area (Å²) in [6.07, 6.45) is 14.6. The van der Waals surface area contributed by atoms with Crippen molar-refractivity contribution in [1.82, 2.24) is 4.90 Å². The number of hydrogen-bond acceptors (Lipinski definition) is 3. The molecule has 4 heteroatoms. The quantitative estimate of drug-likeness (QED) is 0.322. The predicted molar refractivity (Wildman–Crippen MR) is 125 cm³/mol. The smallest absolute Gasteiger partial charge is 0.192 e. The van der Waals surface area contributed by atoms with Crippen LogP contribution in [0.4, 0.5) is 0 Å². The van der Waals surface area contributed by atoms with Gasteiger partial charge in [-0.1, -0.05) is 66.2 Å². The zero-order chi connectivity index (χ0) is 21.3. The monoisotopic (exact) mass is 421 g/mol. The molecule has 0 N–H and O–H groups in total. The summed E-state index contributed by atoms with van der Waals surface area (Å²) in [4.78, 5) is 16.1. The van der Waals surface area contributed by atoms with Crippen molar-refractivity contribution in [1.29, 1.82) is 0 Å². The van der Waals surface area contributed by atoms with Crippen molar-refractivity contribution in [3.63, 3.8) is 0 Å². The van der Waals surface area contributed by atoms with Gasteiger partial charge in [-0.2, -0.15) is 0 Å². The molecule has 0 aromatic heterocycles. The molecule has 2 saturated heterocycles. The number of carbonyl (C=O) groups is 1. The van der Waals surface area contributed by atoms with Gasteiger partial charge in [0.05, 0.1) is 0 Å². The Morgan fingerprint density at radius 1 is 1.07 bits per heavy atom. The molecule has 2 heterocycles. The van der Waals surface area contributed by atoms with Gasteiger partial charge in [0.1, 0.15) is 5.78 Å². The van der Waals surface area contributed by atoms with E-state index in [4.69, 9.17) is 4.43 Å². The van der Waals surface area contributed by atoms with Crippen LogP contribution < -0.4 is 0 Å². The molecule has 3 rings (SSSR count). The third-order valence-corrected chi connectivity index (χ3v) is 13.4. The van der Waals surface area contributed by atoms with Gasteiger partial charge in [-0.15, -0.1) is 0 Å². The topological polar surface area (TPSA) is 29.5 Å². The van der Waals surface area contributed by atoms with E-state index in [1.165, 1.54) is 64.2 Å². The SMILES string of the molecule is CCCCCC[C@H]1CC(=O)[C@@H]2CCCC[C@@]23CC[C@H](CO[Si](C)(C)C(C)(C)C)N13. The molecule has 0 radical (unpaired) electrons. The van der Waals surface area contributed by atoms with Gasteiger partial charge in [0.15, 0.2) is 8.32 Å². The molecule has 0 bridgehead atoms. The lowest BCUT2D eigenvalue weighted by molar-refractivity contribution is -0.143. The minimum Gasteiger partial charge on any atom is -0.415 e. The Bertz CT molecular complexity index is 570. The number of rotatable bonds is 8. The number of unbranched alkanes of at least 4 members (excludes halogenated alkanes) is 3. The molecular formula is C25H47NO2Si. The average molecular weight is 422 g/mol. The van der Waals surface area contributed by atoms with Crippen molar-refractivity contribution >= 4 is 14.1 Å². The minimum atomic E-state index is -1.74. The molecule has 1 aliphatic carbocycles.